The summed E-state index contributed by atoms with van der Waals surface area (Å²) in [7, 11) is 1.97. The minimum atomic E-state index is -0.729. The van der Waals surface area contributed by atoms with E-state index in [4.69, 9.17) is 4.74 Å². The molecule has 146 valence electrons. The van der Waals surface area contributed by atoms with Crippen molar-refractivity contribution in [3.8, 4) is 0 Å². The number of likely N-dealkylation sites (N-methyl/N-ethyl adjacent to an activating group) is 1. The molecule has 1 saturated heterocycles. The standard InChI is InChI=1S/C21H29N3O3/c1-23(14-16-8-4-7-13-27-16)15-19(25)24-18-10-3-2-9-17(18)22-20(26)21(24)11-5-6-12-21/h2-3,9-10,16H,4-8,11-15H2,1H3,(H,22,26). The molecule has 27 heavy (non-hydrogen) atoms. The van der Waals surface area contributed by atoms with Gasteiger partial charge in [0.1, 0.15) is 5.54 Å². The van der Waals surface area contributed by atoms with Crippen LogP contribution >= 0.6 is 0 Å². The number of carbonyl (C=O) groups excluding carboxylic acids is 2. The van der Waals surface area contributed by atoms with Gasteiger partial charge in [0.25, 0.3) is 5.91 Å². The van der Waals surface area contributed by atoms with Crippen LogP contribution in [-0.2, 0) is 14.3 Å². The zero-order valence-corrected chi connectivity index (χ0v) is 16.1. The van der Waals surface area contributed by atoms with Gasteiger partial charge in [-0.15, -0.1) is 0 Å². The van der Waals surface area contributed by atoms with Gasteiger partial charge in [-0.1, -0.05) is 25.0 Å². The van der Waals surface area contributed by atoms with Gasteiger partial charge in [0.2, 0.25) is 5.91 Å². The molecule has 4 rings (SSSR count). The van der Waals surface area contributed by atoms with Crippen LogP contribution in [0.4, 0.5) is 11.4 Å². The van der Waals surface area contributed by atoms with E-state index in [9.17, 15) is 9.59 Å². The third-order valence-electron chi connectivity index (χ3n) is 6.12. The van der Waals surface area contributed by atoms with Gasteiger partial charge in [0, 0.05) is 13.2 Å². The van der Waals surface area contributed by atoms with Gasteiger partial charge in [-0.2, -0.15) is 0 Å². The highest BCUT2D eigenvalue weighted by atomic mass is 16.5. The first-order valence-corrected chi connectivity index (χ1v) is 10.1. The zero-order chi connectivity index (χ0) is 18.9. The number of hydrogen-bond acceptors (Lipinski definition) is 4. The second kappa shape index (κ2) is 7.60. The van der Waals surface area contributed by atoms with Crippen LogP contribution in [0.2, 0.25) is 0 Å². The van der Waals surface area contributed by atoms with Crippen LogP contribution in [0.25, 0.3) is 0 Å². The maximum atomic E-state index is 13.4. The summed E-state index contributed by atoms with van der Waals surface area (Å²) < 4.78 is 5.81. The average Bonchev–Trinajstić information content (AvgIpc) is 3.14. The maximum Gasteiger partial charge on any atom is 0.250 e. The van der Waals surface area contributed by atoms with Crippen LogP contribution in [0.1, 0.15) is 44.9 Å². The Balaban J connectivity index is 1.55. The third-order valence-corrected chi connectivity index (χ3v) is 6.12. The first kappa shape index (κ1) is 18.4. The van der Waals surface area contributed by atoms with E-state index in [2.05, 4.69) is 5.32 Å². The summed E-state index contributed by atoms with van der Waals surface area (Å²) >= 11 is 0. The predicted molar refractivity (Wildman–Crippen MR) is 105 cm³/mol. The summed E-state index contributed by atoms with van der Waals surface area (Å²) in [5.41, 5.74) is 0.825. The molecular weight excluding hydrogens is 342 g/mol. The van der Waals surface area contributed by atoms with Crippen molar-refractivity contribution in [3.05, 3.63) is 24.3 Å². The molecule has 3 aliphatic rings. The number of rotatable bonds is 4. The lowest BCUT2D eigenvalue weighted by atomic mass is 9.89. The van der Waals surface area contributed by atoms with Gasteiger partial charge in [-0.3, -0.25) is 19.4 Å². The Bertz CT molecular complexity index is 708. The molecule has 6 heteroatoms. The number of benzene rings is 1. The molecule has 1 aromatic carbocycles. The van der Waals surface area contributed by atoms with E-state index < -0.39 is 5.54 Å². The summed E-state index contributed by atoms with van der Waals surface area (Å²) in [5, 5.41) is 3.03. The van der Waals surface area contributed by atoms with Crippen LogP contribution < -0.4 is 10.2 Å². The lowest BCUT2D eigenvalue weighted by Gasteiger charge is -2.45. The lowest BCUT2D eigenvalue weighted by Crippen LogP contribution is -2.62. The van der Waals surface area contributed by atoms with Gasteiger partial charge >= 0.3 is 0 Å². The fourth-order valence-corrected chi connectivity index (χ4v) is 4.79. The molecule has 0 aromatic heterocycles. The summed E-state index contributed by atoms with van der Waals surface area (Å²) in [5.74, 6) is -0.0390. The number of nitrogens with one attached hydrogen (secondary N) is 1. The first-order valence-electron chi connectivity index (χ1n) is 10.1. The second-order valence-electron chi connectivity index (χ2n) is 8.12. The van der Waals surface area contributed by atoms with Crippen molar-refractivity contribution in [3.63, 3.8) is 0 Å². The highest BCUT2D eigenvalue weighted by Gasteiger charge is 2.52. The predicted octanol–water partition coefficient (Wildman–Crippen LogP) is 2.79. The Kier molecular flexibility index (Phi) is 5.19. The second-order valence-corrected chi connectivity index (χ2v) is 8.12. The number of fused-ring (bicyclic) bond motifs is 1. The minimum Gasteiger partial charge on any atom is -0.377 e. The van der Waals surface area contributed by atoms with Crippen LogP contribution in [-0.4, -0.2) is 55.1 Å². The number of anilines is 2. The normalized spacial score (nSPS) is 24.1. The number of hydrogen-bond donors (Lipinski definition) is 1. The van der Waals surface area contributed by atoms with E-state index in [0.717, 1.165) is 63.1 Å². The lowest BCUT2D eigenvalue weighted by molar-refractivity contribution is -0.128. The van der Waals surface area contributed by atoms with Crippen LogP contribution in [0, 0.1) is 0 Å². The van der Waals surface area contributed by atoms with Gasteiger partial charge in [0.05, 0.1) is 24.0 Å². The van der Waals surface area contributed by atoms with Gasteiger partial charge in [0.15, 0.2) is 0 Å². The molecule has 1 aliphatic carbocycles. The summed E-state index contributed by atoms with van der Waals surface area (Å²) in [6, 6.07) is 7.63. The summed E-state index contributed by atoms with van der Waals surface area (Å²) in [6.07, 6.45) is 6.99. The molecule has 2 fully saturated rings. The zero-order valence-electron chi connectivity index (χ0n) is 16.1. The van der Waals surface area contributed by atoms with Crippen LogP contribution in [0.3, 0.4) is 0 Å². The van der Waals surface area contributed by atoms with Crippen molar-refractivity contribution in [1.82, 2.24) is 4.90 Å². The van der Waals surface area contributed by atoms with E-state index in [1.165, 1.54) is 6.42 Å². The quantitative estimate of drug-likeness (QED) is 0.884. The van der Waals surface area contributed by atoms with E-state index >= 15 is 0 Å². The number of ether oxygens (including phenoxy) is 1. The number of nitrogens with zero attached hydrogens (tertiary/aromatic N) is 2. The van der Waals surface area contributed by atoms with Gasteiger partial charge in [-0.25, -0.2) is 0 Å². The largest absolute Gasteiger partial charge is 0.377 e. The van der Waals surface area contributed by atoms with E-state index in [-0.39, 0.29) is 17.9 Å². The number of amides is 2. The van der Waals surface area contributed by atoms with Gasteiger partial charge in [-0.05, 0) is 51.3 Å². The SMILES string of the molecule is CN(CC(=O)N1c2ccccc2NC(=O)C12CCCC2)CC1CCCCO1. The molecular formula is C21H29N3O3. The minimum absolute atomic E-state index is 0.00231. The number of carbonyl (C=O) groups is 2. The monoisotopic (exact) mass is 371 g/mol. The molecule has 1 aromatic rings. The Hall–Kier alpha value is -1.92. The molecule has 6 nitrogen and oxygen atoms in total. The van der Waals surface area contributed by atoms with Crippen molar-refractivity contribution < 1.29 is 14.3 Å². The molecule has 2 heterocycles. The fourth-order valence-electron chi connectivity index (χ4n) is 4.79. The van der Waals surface area contributed by atoms with E-state index in [1.54, 1.807) is 4.90 Å². The molecule has 0 bridgehead atoms. The van der Waals surface area contributed by atoms with Crippen molar-refractivity contribution in [1.29, 1.82) is 0 Å². The van der Waals surface area contributed by atoms with Crippen LogP contribution in [0.15, 0.2) is 24.3 Å². The van der Waals surface area contributed by atoms with Crippen molar-refractivity contribution in [2.45, 2.75) is 56.6 Å². The Morgan fingerprint density at radius 2 is 2.04 bits per heavy atom. The maximum absolute atomic E-state index is 13.4. The molecule has 1 N–H and O–H groups in total. The Morgan fingerprint density at radius 1 is 1.26 bits per heavy atom. The van der Waals surface area contributed by atoms with Crippen LogP contribution in [0.5, 0.6) is 0 Å². The highest BCUT2D eigenvalue weighted by Crippen LogP contribution is 2.45. The molecule has 1 unspecified atom stereocenters. The van der Waals surface area contributed by atoms with Crippen molar-refractivity contribution in [2.75, 3.05) is 37.0 Å². The smallest absolute Gasteiger partial charge is 0.250 e. The van der Waals surface area contributed by atoms with Crippen molar-refractivity contribution in [2.24, 2.45) is 0 Å². The first-order chi connectivity index (χ1) is 13.1. The summed E-state index contributed by atoms with van der Waals surface area (Å²) in [4.78, 5) is 30.2. The Labute approximate surface area is 160 Å². The van der Waals surface area contributed by atoms with E-state index in [1.807, 2.05) is 36.2 Å². The molecule has 2 aliphatic heterocycles. The van der Waals surface area contributed by atoms with Crippen molar-refractivity contribution >= 4 is 23.2 Å². The highest BCUT2D eigenvalue weighted by molar-refractivity contribution is 6.15. The molecule has 1 saturated carbocycles. The molecule has 1 atom stereocenters. The molecule has 0 radical (unpaired) electrons. The third kappa shape index (κ3) is 3.48. The van der Waals surface area contributed by atoms with E-state index in [0.29, 0.717) is 6.54 Å². The van der Waals surface area contributed by atoms with Gasteiger partial charge < -0.3 is 10.1 Å². The molecule has 2 amide bonds. The average molecular weight is 371 g/mol. The Morgan fingerprint density at radius 3 is 2.78 bits per heavy atom. The summed E-state index contributed by atoms with van der Waals surface area (Å²) in [6.45, 7) is 1.86. The topological polar surface area (TPSA) is 61.9 Å². The fraction of sp³-hybridized carbons (Fsp3) is 0.619. The number of para-hydroxylation sites is 2. The molecule has 1 spiro atoms.